The molecular weight excluding hydrogens is 270 g/mol. The lowest BCUT2D eigenvalue weighted by Gasteiger charge is -2.15. The van der Waals surface area contributed by atoms with E-state index in [2.05, 4.69) is 42.5 Å². The van der Waals surface area contributed by atoms with Gasteiger partial charge in [0, 0.05) is 16.7 Å². The van der Waals surface area contributed by atoms with Gasteiger partial charge in [0.15, 0.2) is 0 Å². The number of hydrogen-bond acceptors (Lipinski definition) is 3. The van der Waals surface area contributed by atoms with E-state index in [4.69, 9.17) is 4.43 Å². The second-order valence-corrected chi connectivity index (χ2v) is 7.52. The van der Waals surface area contributed by atoms with Crippen molar-refractivity contribution in [3.8, 4) is 5.75 Å². The van der Waals surface area contributed by atoms with Gasteiger partial charge in [-0.25, -0.2) is 0 Å². The predicted molar refractivity (Wildman–Crippen MR) is 84.9 cm³/mol. The van der Waals surface area contributed by atoms with Gasteiger partial charge >= 0.3 is 0 Å². The van der Waals surface area contributed by atoms with E-state index in [0.717, 1.165) is 11.3 Å². The first-order valence-corrected chi connectivity index (χ1v) is 9.59. The molecule has 0 aliphatic rings. The summed E-state index contributed by atoms with van der Waals surface area (Å²) in [6.45, 7) is 6.38. The Morgan fingerprint density at radius 3 is 2.68 bits per heavy atom. The van der Waals surface area contributed by atoms with Gasteiger partial charge in [-0.05, 0) is 37.5 Å². The summed E-state index contributed by atoms with van der Waals surface area (Å²) in [5, 5.41) is 2.06. The van der Waals surface area contributed by atoms with Crippen molar-refractivity contribution in [2.24, 2.45) is 4.99 Å². The number of benzene rings is 1. The van der Waals surface area contributed by atoms with Crippen LogP contribution < -0.4 is 4.43 Å². The topological polar surface area (TPSA) is 21.6 Å². The van der Waals surface area contributed by atoms with Crippen LogP contribution in [0.4, 0.5) is 0 Å². The largest absolute Gasteiger partial charge is 0.542 e. The summed E-state index contributed by atoms with van der Waals surface area (Å²) in [6.07, 6.45) is 1.94. The zero-order valence-corrected chi connectivity index (χ0v) is 13.3. The van der Waals surface area contributed by atoms with Crippen molar-refractivity contribution in [1.82, 2.24) is 0 Å². The van der Waals surface area contributed by atoms with Gasteiger partial charge in [-0.3, -0.25) is 4.99 Å². The third-order valence-corrected chi connectivity index (χ3v) is 4.09. The van der Waals surface area contributed by atoms with Gasteiger partial charge in [-0.1, -0.05) is 24.3 Å². The molecule has 2 aromatic rings. The zero-order valence-electron chi connectivity index (χ0n) is 11.5. The molecule has 0 fully saturated rings. The van der Waals surface area contributed by atoms with E-state index >= 15 is 0 Å². The average Bonchev–Trinajstić information content (AvgIpc) is 2.89. The molecule has 0 saturated carbocycles. The van der Waals surface area contributed by atoms with Crippen LogP contribution in [0.5, 0.6) is 5.75 Å². The molecule has 1 heterocycles. The van der Waals surface area contributed by atoms with Crippen LogP contribution in [0.3, 0.4) is 0 Å². The molecule has 0 saturated heterocycles. The summed E-state index contributed by atoms with van der Waals surface area (Å²) >= 11 is 1.70. The molecule has 19 heavy (non-hydrogen) atoms. The van der Waals surface area contributed by atoms with E-state index < -0.39 is 9.04 Å². The highest BCUT2D eigenvalue weighted by Gasteiger charge is 2.11. The third kappa shape index (κ3) is 4.04. The van der Waals surface area contributed by atoms with E-state index in [1.54, 1.807) is 11.3 Å². The van der Waals surface area contributed by atoms with Gasteiger partial charge in [0.1, 0.15) is 5.75 Å². The third-order valence-electron chi connectivity index (χ3n) is 2.65. The molecule has 0 N–H and O–H groups in total. The highest BCUT2D eigenvalue weighted by atomic mass is 32.1. The Balaban J connectivity index is 2.16. The van der Waals surface area contributed by atoms with Crippen LogP contribution in [0.2, 0.25) is 13.1 Å². The summed E-state index contributed by atoms with van der Waals surface area (Å²) in [7, 11) is -0.749. The predicted octanol–water partition coefficient (Wildman–Crippen LogP) is 4.56. The lowest BCUT2D eigenvalue weighted by atomic mass is 10.1. The molecule has 1 aromatic carbocycles. The first-order chi connectivity index (χ1) is 9.16. The van der Waals surface area contributed by atoms with E-state index in [9.17, 15) is 0 Å². The molecule has 1 aromatic heterocycles. The molecular formula is C15H18NOSSi. The highest BCUT2D eigenvalue weighted by molar-refractivity contribution is 7.11. The van der Waals surface area contributed by atoms with Crippen LogP contribution in [0.25, 0.3) is 0 Å². The van der Waals surface area contributed by atoms with Gasteiger partial charge in [-0.15, -0.1) is 11.3 Å². The van der Waals surface area contributed by atoms with Gasteiger partial charge in [0.25, 0.3) is 9.04 Å². The fourth-order valence-corrected chi connectivity index (χ4v) is 2.99. The molecule has 2 nitrogen and oxygen atoms in total. The number of para-hydroxylation sites is 1. The van der Waals surface area contributed by atoms with Crippen LogP contribution in [0.1, 0.15) is 23.4 Å². The molecule has 0 amide bonds. The second-order valence-electron chi connectivity index (χ2n) is 4.52. The Morgan fingerprint density at radius 1 is 1.21 bits per heavy atom. The molecule has 1 unspecified atom stereocenters. The van der Waals surface area contributed by atoms with Crippen molar-refractivity contribution in [3.63, 3.8) is 0 Å². The minimum atomic E-state index is -0.749. The molecule has 1 radical (unpaired) electrons. The first-order valence-electron chi connectivity index (χ1n) is 6.30. The van der Waals surface area contributed by atoms with Gasteiger partial charge < -0.3 is 4.43 Å². The lowest BCUT2D eigenvalue weighted by Crippen LogP contribution is -2.13. The maximum Gasteiger partial charge on any atom is 0.274 e. The zero-order chi connectivity index (χ0) is 13.7. The standard InChI is InChI=1S/C15H18NOSSi/c1-12(16-11-13-7-6-10-18-13)14-8-4-5-9-15(14)17-19(2)3/h4-12H,1-3H3. The van der Waals surface area contributed by atoms with E-state index in [-0.39, 0.29) is 6.04 Å². The Kier molecular flexibility index (Phi) is 4.93. The van der Waals surface area contributed by atoms with Crippen molar-refractivity contribution in [2.75, 3.05) is 0 Å². The fraction of sp³-hybridized carbons (Fsp3) is 0.267. The summed E-state index contributed by atoms with van der Waals surface area (Å²) < 4.78 is 5.93. The van der Waals surface area contributed by atoms with Crippen LogP contribution >= 0.6 is 11.3 Å². The van der Waals surface area contributed by atoms with Gasteiger partial charge in [0.2, 0.25) is 0 Å². The smallest absolute Gasteiger partial charge is 0.274 e. The van der Waals surface area contributed by atoms with E-state index in [0.29, 0.717) is 0 Å². The number of hydrogen-bond donors (Lipinski definition) is 0. The molecule has 99 valence electrons. The minimum Gasteiger partial charge on any atom is -0.542 e. The molecule has 0 aliphatic carbocycles. The molecule has 0 spiro atoms. The van der Waals surface area contributed by atoms with Crippen LogP contribution in [0.15, 0.2) is 46.8 Å². The number of thiophene rings is 1. The Bertz CT molecular complexity index is 537. The minimum absolute atomic E-state index is 0.111. The molecule has 1 atom stereocenters. The second kappa shape index (κ2) is 6.68. The number of nitrogens with zero attached hydrogens (tertiary/aromatic N) is 1. The SMILES string of the molecule is CC(N=Cc1cccs1)c1ccccc1O[Si](C)C. The van der Waals surface area contributed by atoms with Crippen LogP contribution in [-0.4, -0.2) is 15.3 Å². The van der Waals surface area contributed by atoms with Gasteiger partial charge in [0.05, 0.1) is 6.04 Å². The Labute approximate surface area is 120 Å². The summed E-state index contributed by atoms with van der Waals surface area (Å²) in [5.74, 6) is 0.970. The van der Waals surface area contributed by atoms with Crippen molar-refractivity contribution < 1.29 is 4.43 Å². The average molecular weight is 288 g/mol. The van der Waals surface area contributed by atoms with E-state index in [1.807, 2.05) is 30.5 Å². The number of aliphatic imine (C=N–C) groups is 1. The Hall–Kier alpha value is -1.39. The molecule has 4 heteroatoms. The van der Waals surface area contributed by atoms with Crippen molar-refractivity contribution >= 4 is 26.6 Å². The quantitative estimate of drug-likeness (QED) is 0.584. The fourth-order valence-electron chi connectivity index (χ4n) is 1.77. The van der Waals surface area contributed by atoms with Gasteiger partial charge in [-0.2, -0.15) is 0 Å². The monoisotopic (exact) mass is 288 g/mol. The molecule has 2 rings (SSSR count). The molecule has 0 aliphatic heterocycles. The number of rotatable bonds is 5. The van der Waals surface area contributed by atoms with Crippen molar-refractivity contribution in [3.05, 3.63) is 52.2 Å². The molecule has 0 bridgehead atoms. The lowest BCUT2D eigenvalue weighted by molar-refractivity contribution is 0.564. The highest BCUT2D eigenvalue weighted by Crippen LogP contribution is 2.27. The van der Waals surface area contributed by atoms with Crippen molar-refractivity contribution in [2.45, 2.75) is 26.1 Å². The summed E-state index contributed by atoms with van der Waals surface area (Å²) in [4.78, 5) is 5.80. The maximum absolute atomic E-state index is 5.93. The normalized spacial score (nSPS) is 13.1. The van der Waals surface area contributed by atoms with Crippen LogP contribution in [-0.2, 0) is 0 Å². The summed E-state index contributed by atoms with van der Waals surface area (Å²) in [6, 6.07) is 12.4. The van der Waals surface area contributed by atoms with Crippen LogP contribution in [0, 0.1) is 0 Å². The van der Waals surface area contributed by atoms with Crippen molar-refractivity contribution in [1.29, 1.82) is 0 Å². The first kappa shape index (κ1) is 14.0. The maximum atomic E-state index is 5.93. The summed E-state index contributed by atoms with van der Waals surface area (Å²) in [5.41, 5.74) is 1.15. The Morgan fingerprint density at radius 2 is 2.00 bits per heavy atom. The van der Waals surface area contributed by atoms with E-state index in [1.165, 1.54) is 4.88 Å².